The summed E-state index contributed by atoms with van der Waals surface area (Å²) in [5.74, 6) is 1.66. The third-order valence-electron chi connectivity index (χ3n) is 15.4. The Morgan fingerprint density at radius 2 is 1.68 bits per heavy atom. The number of aromatic amines is 1. The van der Waals surface area contributed by atoms with Crippen LogP contribution in [0.15, 0.2) is 53.7 Å². The summed E-state index contributed by atoms with van der Waals surface area (Å²) >= 11 is 0. The van der Waals surface area contributed by atoms with Crippen molar-refractivity contribution in [1.82, 2.24) is 30.4 Å². The van der Waals surface area contributed by atoms with Crippen LogP contribution in [0.5, 0.6) is 5.75 Å². The molecule has 6 aliphatic rings. The van der Waals surface area contributed by atoms with E-state index in [4.69, 9.17) is 28.9 Å². The maximum atomic E-state index is 14.6. The van der Waals surface area contributed by atoms with E-state index < -0.39 is 24.3 Å². The van der Waals surface area contributed by atoms with Crippen molar-refractivity contribution in [3.05, 3.63) is 65.6 Å². The lowest BCUT2D eigenvalue weighted by Crippen LogP contribution is -2.57. The minimum atomic E-state index is -0.699. The maximum Gasteiger partial charge on any atom is 0.407 e. The summed E-state index contributed by atoms with van der Waals surface area (Å²) in [5.41, 5.74) is 8.10. The van der Waals surface area contributed by atoms with Crippen molar-refractivity contribution in [1.29, 1.82) is 0 Å². The average molecular weight is 900 g/mol. The Kier molecular flexibility index (Phi) is 12.0. The van der Waals surface area contributed by atoms with Crippen LogP contribution in [0.1, 0.15) is 102 Å². The van der Waals surface area contributed by atoms with Crippen molar-refractivity contribution in [2.24, 2.45) is 22.7 Å². The first kappa shape index (κ1) is 43.9. The summed E-state index contributed by atoms with van der Waals surface area (Å²) in [6.07, 6.45) is 9.12. The van der Waals surface area contributed by atoms with Gasteiger partial charge in [0.2, 0.25) is 11.8 Å². The quantitative estimate of drug-likeness (QED) is 0.142. The van der Waals surface area contributed by atoms with Gasteiger partial charge in [-0.1, -0.05) is 45.4 Å². The van der Waals surface area contributed by atoms with E-state index >= 15 is 0 Å². The molecule has 7 atom stereocenters. The number of methoxy groups -OCH3 is 2. The SMILES string of the molecule is CC[C@H]1CC[C@@H](C2=Nc3ccc4cc5c(cc4c3C2)OCc2cc(-c3cnc([C@@H]4C[C@@H]6CCC[C@@H]6N4C(=O)[C@@H](NC(=O)OC)C(C)C)[nH]3)ccc2-5)N1C(=O)[C@@H](NC(=O)OC)C1CCOCC1. The van der Waals surface area contributed by atoms with Crippen molar-refractivity contribution in [3.63, 3.8) is 0 Å². The molecule has 3 saturated heterocycles. The van der Waals surface area contributed by atoms with Gasteiger partial charge in [-0.3, -0.25) is 14.6 Å². The van der Waals surface area contributed by atoms with E-state index in [9.17, 15) is 19.2 Å². The highest BCUT2D eigenvalue weighted by atomic mass is 16.5. The highest BCUT2D eigenvalue weighted by Gasteiger charge is 2.50. The first-order valence-corrected chi connectivity index (χ1v) is 23.9. The molecule has 0 radical (unpaired) electrons. The summed E-state index contributed by atoms with van der Waals surface area (Å²) in [4.78, 5) is 71.3. The summed E-state index contributed by atoms with van der Waals surface area (Å²) in [7, 11) is 2.64. The molecule has 3 aromatic carbocycles. The van der Waals surface area contributed by atoms with E-state index in [1.165, 1.54) is 14.2 Å². The standard InChI is InChI=1S/C51H61N7O8/c1-6-33-12-15-42(57(33)49(60)46(56-51(62)64-5)28-16-18-65-19-17-28)39-23-36-35-24-44-37(21-29(35)11-14-38(36)53-39)34-13-10-30(20-32(34)26-66-44)40-25-52-47(54-40)43-22-31-8-7-9-41(31)58(43)48(59)45(27(2)3)55-50(61)63-4/h10-11,13-14,20-21,24-25,27-28,31,33,41-43,45-46H,6-9,12,15-19,22-23,26H2,1-5H3,(H,52,54)(H,55,61)(H,56,62)/t31-,33-,41-,42-,43-,45-,46-/m0/s1. The van der Waals surface area contributed by atoms with Crippen LogP contribution in [0.25, 0.3) is 33.2 Å². The number of nitrogens with zero attached hydrogens (tertiary/aromatic N) is 4. The molecular formula is C51H61N7O8. The van der Waals surface area contributed by atoms with Crippen LogP contribution in [0.4, 0.5) is 15.3 Å². The highest BCUT2D eigenvalue weighted by molar-refractivity contribution is 6.07. The number of imidazole rings is 1. The van der Waals surface area contributed by atoms with Crippen LogP contribution in [0, 0.1) is 17.8 Å². The number of carbonyl (C=O) groups is 4. The largest absolute Gasteiger partial charge is 0.488 e. The second-order valence-electron chi connectivity index (χ2n) is 19.3. The predicted molar refractivity (Wildman–Crippen MR) is 248 cm³/mol. The summed E-state index contributed by atoms with van der Waals surface area (Å²) in [5, 5.41) is 7.88. The molecule has 4 aromatic rings. The number of H-pyrrole nitrogens is 1. The lowest BCUT2D eigenvalue weighted by molar-refractivity contribution is -0.138. The Labute approximate surface area is 385 Å². The highest BCUT2D eigenvalue weighted by Crippen LogP contribution is 2.49. The number of aromatic nitrogens is 2. The number of hydrogen-bond acceptors (Lipinski definition) is 10. The topological polar surface area (TPSA) is 177 Å². The fourth-order valence-corrected chi connectivity index (χ4v) is 12.0. The molecule has 0 bridgehead atoms. The average Bonchev–Trinajstić information content (AvgIpc) is 4.19. The number of aliphatic imine (C=N–C) groups is 1. The molecule has 3 N–H and O–H groups in total. The summed E-state index contributed by atoms with van der Waals surface area (Å²) in [6.45, 7) is 7.53. The molecule has 10 rings (SSSR count). The number of benzene rings is 3. The van der Waals surface area contributed by atoms with Gasteiger partial charge in [0.05, 0.1) is 43.9 Å². The van der Waals surface area contributed by atoms with E-state index in [1.807, 2.05) is 29.8 Å². The molecule has 1 aromatic heterocycles. The first-order valence-electron chi connectivity index (χ1n) is 23.9. The number of hydrogen-bond donors (Lipinski definition) is 3. The molecule has 0 spiro atoms. The van der Waals surface area contributed by atoms with Crippen molar-refractivity contribution in [2.75, 3.05) is 27.4 Å². The molecule has 0 unspecified atom stereocenters. The summed E-state index contributed by atoms with van der Waals surface area (Å²) in [6, 6.07) is 13.4. The second kappa shape index (κ2) is 18.0. The van der Waals surface area contributed by atoms with E-state index in [1.54, 1.807) is 0 Å². The maximum absolute atomic E-state index is 14.6. The zero-order valence-electron chi connectivity index (χ0n) is 38.6. The summed E-state index contributed by atoms with van der Waals surface area (Å²) < 4.78 is 22.0. The van der Waals surface area contributed by atoms with Crippen LogP contribution in [0.2, 0.25) is 0 Å². The minimum Gasteiger partial charge on any atom is -0.488 e. The van der Waals surface area contributed by atoms with Crippen molar-refractivity contribution < 1.29 is 38.1 Å². The van der Waals surface area contributed by atoms with E-state index in [0.29, 0.717) is 45.0 Å². The van der Waals surface area contributed by atoms with E-state index in [-0.39, 0.29) is 47.8 Å². The zero-order chi connectivity index (χ0) is 45.8. The van der Waals surface area contributed by atoms with Gasteiger partial charge < -0.3 is 44.4 Å². The molecular weight excluding hydrogens is 839 g/mol. The number of carbonyl (C=O) groups excluding carboxylic acids is 4. The molecule has 1 saturated carbocycles. The number of fused-ring (bicyclic) bond motifs is 7. The van der Waals surface area contributed by atoms with Crippen LogP contribution < -0.4 is 15.4 Å². The number of ether oxygens (including phenoxy) is 4. The fourth-order valence-electron chi connectivity index (χ4n) is 12.0. The molecule has 15 nitrogen and oxygen atoms in total. The van der Waals surface area contributed by atoms with E-state index in [0.717, 1.165) is 112 Å². The van der Waals surface area contributed by atoms with Gasteiger partial charge in [-0.2, -0.15) is 0 Å². The van der Waals surface area contributed by atoms with Crippen molar-refractivity contribution in [3.8, 4) is 28.1 Å². The van der Waals surface area contributed by atoms with E-state index in [2.05, 4.69) is 65.0 Å². The number of rotatable bonds is 10. The third kappa shape index (κ3) is 7.86. The van der Waals surface area contributed by atoms with Gasteiger partial charge in [0.15, 0.2) is 0 Å². The van der Waals surface area contributed by atoms with Crippen LogP contribution in [-0.4, -0.2) is 107 Å². The lowest BCUT2D eigenvalue weighted by Gasteiger charge is -2.37. The van der Waals surface area contributed by atoms with Gasteiger partial charge in [-0.25, -0.2) is 14.6 Å². The molecule has 5 aliphatic heterocycles. The number of likely N-dealkylation sites (tertiary alicyclic amines) is 2. The van der Waals surface area contributed by atoms with Crippen LogP contribution in [-0.2, 0) is 36.8 Å². The van der Waals surface area contributed by atoms with Gasteiger partial charge in [0, 0.05) is 43.0 Å². The van der Waals surface area contributed by atoms with Crippen LogP contribution in [0.3, 0.4) is 0 Å². The molecule has 4 fully saturated rings. The van der Waals surface area contributed by atoms with Gasteiger partial charge in [0.25, 0.3) is 0 Å². The first-order chi connectivity index (χ1) is 32.0. The van der Waals surface area contributed by atoms with Gasteiger partial charge in [0.1, 0.15) is 30.3 Å². The third-order valence-corrected chi connectivity index (χ3v) is 15.4. The Hall–Kier alpha value is -5.96. The fraction of sp³-hybridized carbons (Fsp3) is 0.529. The van der Waals surface area contributed by atoms with Gasteiger partial charge in [-0.05, 0) is 126 Å². The molecule has 4 amide bonds. The minimum absolute atomic E-state index is 0.0359. The Bertz CT molecular complexity index is 2580. The number of nitrogens with one attached hydrogen (secondary N) is 3. The number of alkyl carbamates (subject to hydrolysis) is 2. The van der Waals surface area contributed by atoms with Crippen LogP contribution >= 0.6 is 0 Å². The zero-order valence-corrected chi connectivity index (χ0v) is 38.6. The Morgan fingerprint density at radius 1 is 0.879 bits per heavy atom. The monoisotopic (exact) mass is 899 g/mol. The Balaban J connectivity index is 0.883. The second-order valence-corrected chi connectivity index (χ2v) is 19.3. The van der Waals surface area contributed by atoms with Crippen molar-refractivity contribution >= 4 is 46.2 Å². The smallest absolute Gasteiger partial charge is 0.407 e. The molecule has 6 heterocycles. The Morgan fingerprint density at radius 3 is 2.45 bits per heavy atom. The lowest BCUT2D eigenvalue weighted by atomic mass is 9.89. The molecule has 348 valence electrons. The normalized spacial score (nSPS) is 24.2. The van der Waals surface area contributed by atoms with Crippen molar-refractivity contribution in [2.45, 2.75) is 128 Å². The molecule has 66 heavy (non-hydrogen) atoms. The molecule has 15 heteroatoms. The van der Waals surface area contributed by atoms with Gasteiger partial charge >= 0.3 is 12.2 Å². The number of amides is 4. The predicted octanol–water partition coefficient (Wildman–Crippen LogP) is 8.16. The molecule has 1 aliphatic carbocycles. The van der Waals surface area contributed by atoms with Gasteiger partial charge in [-0.15, -0.1) is 0 Å².